The number of carbonyl (C=O) groups is 1. The lowest BCUT2D eigenvalue weighted by molar-refractivity contribution is 0.0940. The first-order chi connectivity index (χ1) is 14.1. The molecule has 2 aliphatic rings. The fraction of sp³-hybridized carbons (Fsp3) is 0.318. The molecule has 0 saturated heterocycles. The Kier molecular flexibility index (Phi) is 4.32. The summed E-state index contributed by atoms with van der Waals surface area (Å²) in [5.74, 6) is 0.910. The number of nitrogens with one attached hydrogen (secondary N) is 3. The number of rotatable bonds is 2. The molecule has 4 heterocycles. The van der Waals surface area contributed by atoms with Gasteiger partial charge >= 0.3 is 0 Å². The van der Waals surface area contributed by atoms with Crippen molar-refractivity contribution in [3.05, 3.63) is 53.4 Å². The number of aryl methyl sites for hydroxylation is 1. The van der Waals surface area contributed by atoms with Gasteiger partial charge in [-0.25, -0.2) is 9.97 Å². The first-order valence-electron chi connectivity index (χ1n) is 9.85. The molecule has 2 aliphatic heterocycles. The predicted octanol–water partition coefficient (Wildman–Crippen LogP) is 3.15. The third kappa shape index (κ3) is 3.07. The third-order valence-corrected chi connectivity index (χ3v) is 5.63. The van der Waals surface area contributed by atoms with Crippen LogP contribution in [0.2, 0.25) is 0 Å². The van der Waals surface area contributed by atoms with E-state index < -0.39 is 0 Å². The van der Waals surface area contributed by atoms with Crippen molar-refractivity contribution in [3.8, 4) is 11.3 Å². The molecule has 29 heavy (non-hydrogen) atoms. The van der Waals surface area contributed by atoms with E-state index in [-0.39, 0.29) is 17.9 Å². The standard InChI is InChI=1S/C22H23N5O2/c1-12-21-25-14(11-29-2)6-3-5-13-10-23-22(28)16-9-18(26-19(13)16)15-7-4-8-17(24-12)20(15)27-21/h3-4,6-9,13-14,26H,5,10-11H2,1-2H3,(H,23,28)(H,25,27)/b6-3+/t13-,14+/m0/s1. The summed E-state index contributed by atoms with van der Waals surface area (Å²) in [6.07, 6.45) is 5.08. The molecule has 3 N–H and O–H groups in total. The van der Waals surface area contributed by atoms with Gasteiger partial charge in [0.15, 0.2) is 0 Å². The fourth-order valence-electron chi connectivity index (χ4n) is 4.17. The van der Waals surface area contributed by atoms with Crippen LogP contribution in [0.1, 0.15) is 34.1 Å². The number of allylic oxidation sites excluding steroid dienone is 1. The van der Waals surface area contributed by atoms with E-state index in [1.54, 1.807) is 7.11 Å². The number of para-hydroxylation sites is 1. The SMILES string of the molecule is COC[C@H]1/C=C/C[C@H]2CNC(=O)c3cc([nH]c32)-c2cccc3nc(C)c(nc23)N1. The second-order valence-electron chi connectivity index (χ2n) is 7.62. The van der Waals surface area contributed by atoms with Crippen molar-refractivity contribution in [3.63, 3.8) is 0 Å². The van der Waals surface area contributed by atoms with Gasteiger partial charge in [0.05, 0.1) is 29.4 Å². The highest BCUT2D eigenvalue weighted by Gasteiger charge is 2.28. The maximum atomic E-state index is 12.5. The van der Waals surface area contributed by atoms with Crippen molar-refractivity contribution in [1.29, 1.82) is 0 Å². The molecule has 0 spiro atoms. The van der Waals surface area contributed by atoms with Gasteiger partial charge in [-0.15, -0.1) is 0 Å². The minimum Gasteiger partial charge on any atom is -0.382 e. The van der Waals surface area contributed by atoms with Crippen molar-refractivity contribution in [1.82, 2.24) is 20.3 Å². The van der Waals surface area contributed by atoms with E-state index in [0.29, 0.717) is 18.7 Å². The molecule has 7 nitrogen and oxygen atoms in total. The van der Waals surface area contributed by atoms with Crippen LogP contribution in [0.25, 0.3) is 22.3 Å². The van der Waals surface area contributed by atoms with E-state index in [4.69, 9.17) is 14.7 Å². The number of aromatic nitrogens is 3. The van der Waals surface area contributed by atoms with E-state index in [0.717, 1.165) is 45.9 Å². The van der Waals surface area contributed by atoms with Crippen molar-refractivity contribution >= 4 is 22.8 Å². The highest BCUT2D eigenvalue weighted by Crippen LogP contribution is 2.34. The minimum absolute atomic E-state index is 0.0191. The summed E-state index contributed by atoms with van der Waals surface area (Å²) in [5, 5.41) is 6.48. The Morgan fingerprint density at radius 2 is 2.14 bits per heavy atom. The molecule has 148 valence electrons. The second kappa shape index (κ2) is 7.00. The lowest BCUT2D eigenvalue weighted by Crippen LogP contribution is -2.34. The number of aromatic amines is 1. The summed E-state index contributed by atoms with van der Waals surface area (Å²) in [7, 11) is 1.69. The molecule has 2 aromatic heterocycles. The van der Waals surface area contributed by atoms with Crippen LogP contribution < -0.4 is 10.6 Å². The first-order valence-corrected chi connectivity index (χ1v) is 9.85. The molecule has 4 bridgehead atoms. The van der Waals surface area contributed by atoms with Gasteiger partial charge < -0.3 is 20.4 Å². The molecular weight excluding hydrogens is 366 g/mol. The Morgan fingerprint density at radius 1 is 1.24 bits per heavy atom. The largest absolute Gasteiger partial charge is 0.382 e. The van der Waals surface area contributed by atoms with Crippen LogP contribution in [0.4, 0.5) is 5.82 Å². The van der Waals surface area contributed by atoms with E-state index >= 15 is 0 Å². The summed E-state index contributed by atoms with van der Waals surface area (Å²) in [6.45, 7) is 3.10. The Morgan fingerprint density at radius 3 is 3.00 bits per heavy atom. The Balaban J connectivity index is 1.75. The molecule has 0 saturated carbocycles. The summed E-state index contributed by atoms with van der Waals surface area (Å²) >= 11 is 0. The van der Waals surface area contributed by atoms with E-state index in [1.165, 1.54) is 0 Å². The normalized spacial score (nSPS) is 21.7. The van der Waals surface area contributed by atoms with Gasteiger partial charge in [0, 0.05) is 36.5 Å². The average Bonchev–Trinajstić information content (AvgIpc) is 3.16. The molecule has 3 aromatic rings. The number of hydrogen-bond acceptors (Lipinski definition) is 5. The maximum absolute atomic E-state index is 12.5. The number of methoxy groups -OCH3 is 1. The van der Waals surface area contributed by atoms with Crippen molar-refractivity contribution < 1.29 is 9.53 Å². The lowest BCUT2D eigenvalue weighted by Gasteiger charge is -2.22. The lowest BCUT2D eigenvalue weighted by atomic mass is 9.94. The van der Waals surface area contributed by atoms with Crippen LogP contribution in [0.5, 0.6) is 0 Å². The number of anilines is 1. The van der Waals surface area contributed by atoms with Crippen LogP contribution in [0.15, 0.2) is 36.4 Å². The van der Waals surface area contributed by atoms with E-state index in [2.05, 4.69) is 27.8 Å². The Hall–Kier alpha value is -3.19. The highest BCUT2D eigenvalue weighted by molar-refractivity contribution is 6.00. The highest BCUT2D eigenvalue weighted by atomic mass is 16.5. The number of hydrogen-bond donors (Lipinski definition) is 3. The third-order valence-electron chi connectivity index (χ3n) is 5.63. The number of H-pyrrole nitrogens is 1. The van der Waals surface area contributed by atoms with E-state index in [9.17, 15) is 4.79 Å². The number of fused-ring (bicyclic) bond motifs is 3. The predicted molar refractivity (Wildman–Crippen MR) is 112 cm³/mol. The molecule has 0 radical (unpaired) electrons. The van der Waals surface area contributed by atoms with E-state index in [1.807, 2.05) is 31.2 Å². The molecule has 2 atom stereocenters. The fourth-order valence-corrected chi connectivity index (χ4v) is 4.17. The topological polar surface area (TPSA) is 91.9 Å². The Bertz CT molecular complexity index is 1130. The van der Waals surface area contributed by atoms with Gasteiger partial charge in [-0.2, -0.15) is 0 Å². The van der Waals surface area contributed by atoms with Gasteiger partial charge in [-0.3, -0.25) is 4.79 Å². The molecule has 5 rings (SSSR count). The second-order valence-corrected chi connectivity index (χ2v) is 7.62. The molecule has 1 aromatic carbocycles. The molecular formula is C22H23N5O2. The molecule has 0 aliphatic carbocycles. The monoisotopic (exact) mass is 389 g/mol. The molecule has 1 amide bonds. The summed E-state index contributed by atoms with van der Waals surface area (Å²) in [4.78, 5) is 25.6. The number of nitrogens with zero attached hydrogens (tertiary/aromatic N) is 2. The van der Waals surface area contributed by atoms with Crippen molar-refractivity contribution in [2.45, 2.75) is 25.3 Å². The molecule has 7 heteroatoms. The van der Waals surface area contributed by atoms with Gasteiger partial charge in [-0.05, 0) is 25.5 Å². The summed E-state index contributed by atoms with van der Waals surface area (Å²) in [5.41, 5.74) is 6.00. The van der Waals surface area contributed by atoms with Crippen LogP contribution >= 0.6 is 0 Å². The molecule has 0 fully saturated rings. The van der Waals surface area contributed by atoms with Gasteiger partial charge in [0.1, 0.15) is 11.3 Å². The number of amides is 1. The van der Waals surface area contributed by atoms with Crippen molar-refractivity contribution in [2.75, 3.05) is 25.6 Å². The maximum Gasteiger partial charge on any atom is 0.253 e. The first kappa shape index (κ1) is 17.9. The Labute approximate surface area is 168 Å². The smallest absolute Gasteiger partial charge is 0.253 e. The number of ether oxygens (including phenoxy) is 1. The van der Waals surface area contributed by atoms with Crippen LogP contribution in [0.3, 0.4) is 0 Å². The minimum atomic E-state index is -0.0309. The average molecular weight is 389 g/mol. The molecule has 0 unspecified atom stereocenters. The number of benzene rings is 1. The summed E-state index contributed by atoms with van der Waals surface area (Å²) in [6, 6.07) is 7.87. The van der Waals surface area contributed by atoms with Crippen LogP contribution in [-0.2, 0) is 4.74 Å². The van der Waals surface area contributed by atoms with Gasteiger partial charge in [-0.1, -0.05) is 24.3 Å². The zero-order valence-corrected chi connectivity index (χ0v) is 16.5. The number of carbonyl (C=O) groups excluding carboxylic acids is 1. The zero-order valence-electron chi connectivity index (χ0n) is 16.5. The van der Waals surface area contributed by atoms with Gasteiger partial charge in [0.25, 0.3) is 5.91 Å². The zero-order chi connectivity index (χ0) is 20.0. The quantitative estimate of drug-likeness (QED) is 0.586. The van der Waals surface area contributed by atoms with Gasteiger partial charge in [0.2, 0.25) is 0 Å². The van der Waals surface area contributed by atoms with Crippen LogP contribution in [-0.4, -0.2) is 47.2 Å². The van der Waals surface area contributed by atoms with Crippen molar-refractivity contribution in [2.24, 2.45) is 0 Å². The van der Waals surface area contributed by atoms with Crippen LogP contribution in [0, 0.1) is 6.92 Å². The summed E-state index contributed by atoms with van der Waals surface area (Å²) < 4.78 is 5.39.